The highest BCUT2D eigenvalue weighted by molar-refractivity contribution is 6.31. The normalized spacial score (nSPS) is 16.5. The van der Waals surface area contributed by atoms with E-state index in [1.54, 1.807) is 0 Å². The molecule has 0 spiro atoms. The van der Waals surface area contributed by atoms with Gasteiger partial charge in [-0.15, -0.1) is 0 Å². The summed E-state index contributed by atoms with van der Waals surface area (Å²) in [6.07, 6.45) is -4.99. The summed E-state index contributed by atoms with van der Waals surface area (Å²) in [6.45, 7) is 0.717. The Labute approximate surface area is 192 Å². The minimum absolute atomic E-state index is 0.139. The van der Waals surface area contributed by atoms with Crippen LogP contribution in [0.5, 0.6) is 0 Å². The Bertz CT molecular complexity index is 1000. The number of carbonyl (C=O) groups excluding carboxylic acids is 2. The van der Waals surface area contributed by atoms with Crippen LogP contribution < -0.4 is 5.32 Å². The number of benzene rings is 2. The number of rotatable bonds is 7. The van der Waals surface area contributed by atoms with Crippen molar-refractivity contribution in [3.05, 3.63) is 70.0 Å². The quantitative estimate of drug-likeness (QED) is 0.604. The van der Waals surface area contributed by atoms with Gasteiger partial charge < -0.3 is 19.7 Å². The number of ether oxygens (including phenoxy) is 2. The average molecular weight is 489 g/mol. The van der Waals surface area contributed by atoms with Gasteiger partial charge in [-0.3, -0.25) is 9.59 Å². The lowest BCUT2D eigenvalue weighted by Crippen LogP contribution is -2.50. The van der Waals surface area contributed by atoms with Gasteiger partial charge in [-0.25, -0.2) is 4.39 Å². The van der Waals surface area contributed by atoms with Crippen LogP contribution in [0.2, 0.25) is 5.02 Å². The fraction of sp³-hybridized carbons (Fsp3) is 0.364. The summed E-state index contributed by atoms with van der Waals surface area (Å²) in [5.74, 6) is -1.63. The summed E-state index contributed by atoms with van der Waals surface area (Å²) >= 11 is 5.96. The fourth-order valence-corrected chi connectivity index (χ4v) is 3.41. The van der Waals surface area contributed by atoms with Gasteiger partial charge in [-0.1, -0.05) is 23.7 Å². The molecule has 1 saturated heterocycles. The zero-order valence-electron chi connectivity index (χ0n) is 17.3. The molecule has 0 aliphatic carbocycles. The van der Waals surface area contributed by atoms with Crippen LogP contribution in [0.25, 0.3) is 0 Å². The lowest BCUT2D eigenvalue weighted by atomic mass is 10.1. The fourth-order valence-electron chi connectivity index (χ4n) is 3.19. The second-order valence-electron chi connectivity index (χ2n) is 7.34. The molecule has 1 aliphatic heterocycles. The van der Waals surface area contributed by atoms with Gasteiger partial charge in [0.1, 0.15) is 5.82 Å². The Morgan fingerprint density at radius 3 is 2.73 bits per heavy atom. The Hall–Kier alpha value is -2.69. The molecule has 1 fully saturated rings. The number of hydrogen-bond donors (Lipinski definition) is 1. The van der Waals surface area contributed by atoms with Crippen molar-refractivity contribution >= 4 is 23.4 Å². The van der Waals surface area contributed by atoms with Crippen LogP contribution in [0.15, 0.2) is 42.5 Å². The SMILES string of the molecule is O=C(NCC(=O)N1CCOC(COCc2ccc(F)cc2Cl)C1)c1cccc(C(F)(F)F)c1. The topological polar surface area (TPSA) is 67.9 Å². The number of carbonyl (C=O) groups is 2. The Kier molecular flexibility index (Phi) is 8.28. The molecule has 1 atom stereocenters. The Morgan fingerprint density at radius 2 is 2.00 bits per heavy atom. The molecule has 1 N–H and O–H groups in total. The van der Waals surface area contributed by atoms with Crippen LogP contribution in [0.4, 0.5) is 17.6 Å². The van der Waals surface area contributed by atoms with Crippen molar-refractivity contribution in [2.24, 2.45) is 0 Å². The van der Waals surface area contributed by atoms with E-state index in [0.29, 0.717) is 12.1 Å². The highest BCUT2D eigenvalue weighted by Gasteiger charge is 2.31. The molecule has 33 heavy (non-hydrogen) atoms. The Balaban J connectivity index is 1.46. The molecule has 1 heterocycles. The lowest BCUT2D eigenvalue weighted by Gasteiger charge is -2.33. The smallest absolute Gasteiger partial charge is 0.374 e. The van der Waals surface area contributed by atoms with Gasteiger partial charge in [0.2, 0.25) is 5.91 Å². The first kappa shape index (κ1) is 24.9. The molecule has 11 heteroatoms. The number of nitrogens with zero attached hydrogens (tertiary/aromatic N) is 1. The molecule has 2 aromatic rings. The van der Waals surface area contributed by atoms with E-state index >= 15 is 0 Å². The molecular formula is C22H21ClF4N2O4. The second-order valence-corrected chi connectivity index (χ2v) is 7.75. The van der Waals surface area contributed by atoms with Crippen LogP contribution in [-0.4, -0.2) is 55.7 Å². The number of morpholine rings is 1. The van der Waals surface area contributed by atoms with Crippen LogP contribution in [-0.2, 0) is 27.1 Å². The van der Waals surface area contributed by atoms with Crippen LogP contribution >= 0.6 is 11.6 Å². The van der Waals surface area contributed by atoms with Crippen molar-refractivity contribution in [2.75, 3.05) is 32.8 Å². The van der Waals surface area contributed by atoms with E-state index in [-0.39, 0.29) is 43.5 Å². The summed E-state index contributed by atoms with van der Waals surface area (Å²) in [7, 11) is 0. The van der Waals surface area contributed by atoms with Gasteiger partial charge in [0, 0.05) is 23.7 Å². The summed E-state index contributed by atoms with van der Waals surface area (Å²) in [5.41, 5.74) is -0.524. The molecule has 2 aromatic carbocycles. The van der Waals surface area contributed by atoms with E-state index in [4.69, 9.17) is 21.1 Å². The van der Waals surface area contributed by atoms with Crippen molar-refractivity contribution < 1.29 is 36.6 Å². The summed E-state index contributed by atoms with van der Waals surface area (Å²) < 4.78 is 62.7. The zero-order valence-corrected chi connectivity index (χ0v) is 18.1. The van der Waals surface area contributed by atoms with Gasteiger partial charge in [0.25, 0.3) is 5.91 Å². The van der Waals surface area contributed by atoms with Gasteiger partial charge in [-0.2, -0.15) is 13.2 Å². The van der Waals surface area contributed by atoms with Crippen LogP contribution in [0, 0.1) is 5.82 Å². The summed E-state index contributed by atoms with van der Waals surface area (Å²) in [4.78, 5) is 26.1. The van der Waals surface area contributed by atoms with Gasteiger partial charge in [0.15, 0.2) is 0 Å². The standard InChI is InChI=1S/C22H21ClF4N2O4/c23-19-9-17(24)5-4-15(19)12-32-13-18-11-29(6-7-33-18)20(30)10-28-21(31)14-2-1-3-16(8-14)22(25,26)27/h1-5,8-9,18H,6-7,10-13H2,(H,28,31). The highest BCUT2D eigenvalue weighted by atomic mass is 35.5. The first-order valence-corrected chi connectivity index (χ1v) is 10.4. The van der Waals surface area contributed by atoms with Crippen molar-refractivity contribution in [1.29, 1.82) is 0 Å². The number of amides is 2. The molecular weight excluding hydrogens is 468 g/mol. The predicted octanol–water partition coefficient (Wildman–Crippen LogP) is 3.67. The lowest BCUT2D eigenvalue weighted by molar-refractivity contribution is -0.140. The molecule has 3 rings (SSSR count). The van der Waals surface area contributed by atoms with E-state index in [9.17, 15) is 27.2 Å². The largest absolute Gasteiger partial charge is 0.416 e. The Morgan fingerprint density at radius 1 is 1.21 bits per heavy atom. The van der Waals surface area contributed by atoms with E-state index in [1.807, 2.05) is 0 Å². The average Bonchev–Trinajstić information content (AvgIpc) is 2.78. The maximum atomic E-state index is 13.1. The minimum atomic E-state index is -4.57. The molecule has 0 bridgehead atoms. The molecule has 178 valence electrons. The van der Waals surface area contributed by atoms with E-state index in [0.717, 1.165) is 18.2 Å². The van der Waals surface area contributed by atoms with Crippen LogP contribution in [0.1, 0.15) is 21.5 Å². The molecule has 0 saturated carbocycles. The van der Waals surface area contributed by atoms with E-state index < -0.39 is 35.5 Å². The second kappa shape index (κ2) is 11.0. The predicted molar refractivity (Wildman–Crippen MR) is 111 cm³/mol. The van der Waals surface area contributed by atoms with Gasteiger partial charge >= 0.3 is 6.18 Å². The van der Waals surface area contributed by atoms with E-state index in [2.05, 4.69) is 5.32 Å². The third kappa shape index (κ3) is 7.15. The molecule has 6 nitrogen and oxygen atoms in total. The number of halogens is 5. The molecule has 2 amide bonds. The third-order valence-electron chi connectivity index (χ3n) is 4.92. The number of alkyl halides is 3. The molecule has 0 aromatic heterocycles. The summed E-state index contributed by atoms with van der Waals surface area (Å²) in [6, 6.07) is 7.94. The molecule has 1 unspecified atom stereocenters. The first-order valence-electron chi connectivity index (χ1n) is 10.00. The number of nitrogens with one attached hydrogen (secondary N) is 1. The van der Waals surface area contributed by atoms with Crippen molar-refractivity contribution in [3.63, 3.8) is 0 Å². The highest BCUT2D eigenvalue weighted by Crippen LogP contribution is 2.29. The van der Waals surface area contributed by atoms with Crippen molar-refractivity contribution in [2.45, 2.75) is 18.9 Å². The number of hydrogen-bond acceptors (Lipinski definition) is 4. The minimum Gasteiger partial charge on any atom is -0.374 e. The van der Waals surface area contributed by atoms with Crippen molar-refractivity contribution in [1.82, 2.24) is 10.2 Å². The third-order valence-corrected chi connectivity index (χ3v) is 5.27. The molecule has 1 aliphatic rings. The van der Waals surface area contributed by atoms with Crippen molar-refractivity contribution in [3.8, 4) is 0 Å². The summed E-state index contributed by atoms with van der Waals surface area (Å²) in [5, 5.41) is 2.59. The van der Waals surface area contributed by atoms with E-state index in [1.165, 1.54) is 29.2 Å². The maximum Gasteiger partial charge on any atom is 0.416 e. The van der Waals surface area contributed by atoms with Crippen LogP contribution in [0.3, 0.4) is 0 Å². The monoisotopic (exact) mass is 488 g/mol. The zero-order chi connectivity index (χ0) is 24.0. The van der Waals surface area contributed by atoms with Gasteiger partial charge in [-0.05, 0) is 35.9 Å². The van der Waals surface area contributed by atoms with Gasteiger partial charge in [0.05, 0.1) is 38.0 Å². The first-order chi connectivity index (χ1) is 15.6. The maximum absolute atomic E-state index is 13.1. The molecule has 0 radical (unpaired) electrons.